The average molecular weight is 329 g/mol. The summed E-state index contributed by atoms with van der Waals surface area (Å²) in [6, 6.07) is 8.25. The fourth-order valence-electron chi connectivity index (χ4n) is 1.99. The molecule has 19 heavy (non-hydrogen) atoms. The van der Waals surface area contributed by atoms with E-state index < -0.39 is 0 Å². The second-order valence-corrected chi connectivity index (χ2v) is 5.94. The molecule has 2 nitrogen and oxygen atoms in total. The van der Waals surface area contributed by atoms with Crippen molar-refractivity contribution in [3.8, 4) is 5.75 Å². The number of halogens is 1. The van der Waals surface area contributed by atoms with Crippen LogP contribution in [0.15, 0.2) is 24.3 Å². The Morgan fingerprint density at radius 2 is 1.95 bits per heavy atom. The van der Waals surface area contributed by atoms with Crippen LogP contribution in [0.2, 0.25) is 0 Å². The maximum atomic E-state index is 5.67. The molecule has 0 aliphatic heterocycles. The van der Waals surface area contributed by atoms with E-state index in [4.69, 9.17) is 9.47 Å². The number of ether oxygens (including phenoxy) is 2. The molecule has 0 bridgehead atoms. The lowest BCUT2D eigenvalue weighted by molar-refractivity contribution is 0.0998. The summed E-state index contributed by atoms with van der Waals surface area (Å²) < 4.78 is 11.1. The van der Waals surface area contributed by atoms with Crippen LogP contribution in [-0.2, 0) is 11.2 Å². The highest BCUT2D eigenvalue weighted by atomic mass is 79.9. The van der Waals surface area contributed by atoms with Gasteiger partial charge in [-0.05, 0) is 36.3 Å². The van der Waals surface area contributed by atoms with E-state index in [1.54, 1.807) is 7.11 Å². The summed E-state index contributed by atoms with van der Waals surface area (Å²) in [5.41, 5.74) is 1.28. The normalized spacial score (nSPS) is 12.7. The molecule has 0 aromatic heterocycles. The number of benzene rings is 1. The van der Waals surface area contributed by atoms with Crippen LogP contribution < -0.4 is 4.74 Å². The van der Waals surface area contributed by atoms with Crippen LogP contribution in [0.3, 0.4) is 0 Å². The maximum absolute atomic E-state index is 5.67. The third-order valence-corrected chi connectivity index (χ3v) is 3.96. The lowest BCUT2D eigenvalue weighted by Gasteiger charge is -2.16. The minimum atomic E-state index is 0.587. The van der Waals surface area contributed by atoms with E-state index in [0.717, 1.165) is 37.1 Å². The largest absolute Gasteiger partial charge is 0.496 e. The molecule has 1 aromatic carbocycles. The van der Waals surface area contributed by atoms with Gasteiger partial charge in [0.05, 0.1) is 7.11 Å². The minimum absolute atomic E-state index is 0.587. The molecule has 3 heteroatoms. The number of rotatable bonds is 9. The second-order valence-electron chi connectivity index (χ2n) is 5.29. The quantitative estimate of drug-likeness (QED) is 0.496. The van der Waals surface area contributed by atoms with Crippen LogP contribution in [0.1, 0.15) is 25.8 Å². The van der Waals surface area contributed by atoms with E-state index in [0.29, 0.717) is 11.8 Å². The molecule has 0 amide bonds. The molecule has 0 aliphatic rings. The van der Waals surface area contributed by atoms with Crippen LogP contribution in [-0.4, -0.2) is 25.7 Å². The predicted octanol–water partition coefficient (Wildman–Crippen LogP) is 4.31. The lowest BCUT2D eigenvalue weighted by Crippen LogP contribution is -2.12. The third-order valence-electron chi connectivity index (χ3n) is 3.04. The Labute approximate surface area is 125 Å². The first-order chi connectivity index (χ1) is 9.17. The Hall–Kier alpha value is -0.540. The van der Waals surface area contributed by atoms with Crippen molar-refractivity contribution in [2.24, 2.45) is 11.8 Å². The highest BCUT2D eigenvalue weighted by molar-refractivity contribution is 9.09. The zero-order chi connectivity index (χ0) is 14.1. The Balaban J connectivity index is 2.43. The molecular formula is C16H25BrO2. The van der Waals surface area contributed by atoms with E-state index >= 15 is 0 Å². The molecule has 0 spiro atoms. The van der Waals surface area contributed by atoms with E-state index in [2.05, 4.69) is 41.9 Å². The van der Waals surface area contributed by atoms with Crippen LogP contribution >= 0.6 is 15.9 Å². The molecule has 1 aromatic rings. The third kappa shape index (κ3) is 6.44. The first kappa shape index (κ1) is 16.5. The van der Waals surface area contributed by atoms with Crippen molar-refractivity contribution in [1.29, 1.82) is 0 Å². The van der Waals surface area contributed by atoms with Crippen molar-refractivity contribution in [2.45, 2.75) is 26.7 Å². The van der Waals surface area contributed by atoms with Crippen LogP contribution in [0.4, 0.5) is 0 Å². The molecule has 0 N–H and O–H groups in total. The molecule has 1 unspecified atom stereocenters. The Bertz CT molecular complexity index is 352. The number of hydrogen-bond acceptors (Lipinski definition) is 2. The second kappa shape index (κ2) is 9.38. The summed E-state index contributed by atoms with van der Waals surface area (Å²) in [6.45, 7) is 6.04. The van der Waals surface area contributed by atoms with Crippen molar-refractivity contribution >= 4 is 15.9 Å². The van der Waals surface area contributed by atoms with E-state index in [1.165, 1.54) is 5.56 Å². The number of methoxy groups -OCH3 is 1. The van der Waals surface area contributed by atoms with Gasteiger partial charge < -0.3 is 9.47 Å². The van der Waals surface area contributed by atoms with Crippen LogP contribution in [0.5, 0.6) is 5.75 Å². The summed E-state index contributed by atoms with van der Waals surface area (Å²) in [5, 5.41) is 0.996. The van der Waals surface area contributed by atoms with E-state index in [9.17, 15) is 0 Å². The number of hydrogen-bond donors (Lipinski definition) is 0. The first-order valence-electron chi connectivity index (χ1n) is 6.93. The molecule has 1 atom stereocenters. The Morgan fingerprint density at radius 1 is 1.21 bits per heavy atom. The lowest BCUT2D eigenvalue weighted by atomic mass is 9.98. The molecule has 108 valence electrons. The molecule has 0 radical (unpaired) electrons. The summed E-state index contributed by atoms with van der Waals surface area (Å²) >= 11 is 3.60. The van der Waals surface area contributed by atoms with Crippen molar-refractivity contribution in [1.82, 2.24) is 0 Å². The molecule has 1 rings (SSSR count). The van der Waals surface area contributed by atoms with Crippen molar-refractivity contribution < 1.29 is 9.47 Å². The van der Waals surface area contributed by atoms with Gasteiger partial charge >= 0.3 is 0 Å². The topological polar surface area (TPSA) is 18.5 Å². The van der Waals surface area contributed by atoms with Crippen LogP contribution in [0.25, 0.3) is 0 Å². The monoisotopic (exact) mass is 328 g/mol. The van der Waals surface area contributed by atoms with Gasteiger partial charge in [0, 0.05) is 18.5 Å². The molecule has 0 fully saturated rings. The smallest absolute Gasteiger partial charge is 0.122 e. The van der Waals surface area contributed by atoms with Crippen molar-refractivity contribution in [3.05, 3.63) is 29.8 Å². The summed E-state index contributed by atoms with van der Waals surface area (Å²) in [5.74, 6) is 2.18. The van der Waals surface area contributed by atoms with E-state index in [-0.39, 0.29) is 0 Å². The zero-order valence-electron chi connectivity index (χ0n) is 12.2. The molecule has 0 saturated heterocycles. The molecule has 0 saturated carbocycles. The summed E-state index contributed by atoms with van der Waals surface area (Å²) in [7, 11) is 1.73. The van der Waals surface area contributed by atoms with Gasteiger partial charge in [-0.2, -0.15) is 0 Å². The van der Waals surface area contributed by atoms with Crippen molar-refractivity contribution in [3.63, 3.8) is 0 Å². The van der Waals surface area contributed by atoms with Gasteiger partial charge in [-0.3, -0.25) is 0 Å². The first-order valence-corrected chi connectivity index (χ1v) is 8.05. The maximum Gasteiger partial charge on any atom is 0.122 e. The molecular weight excluding hydrogens is 304 g/mol. The van der Waals surface area contributed by atoms with Gasteiger partial charge in [0.1, 0.15) is 5.75 Å². The van der Waals surface area contributed by atoms with Gasteiger partial charge in [-0.15, -0.1) is 0 Å². The van der Waals surface area contributed by atoms with Crippen molar-refractivity contribution in [2.75, 3.05) is 25.7 Å². The average Bonchev–Trinajstić information content (AvgIpc) is 2.42. The highest BCUT2D eigenvalue weighted by Crippen LogP contribution is 2.23. The highest BCUT2D eigenvalue weighted by Gasteiger charge is 2.11. The van der Waals surface area contributed by atoms with Gasteiger partial charge in [-0.1, -0.05) is 48.0 Å². The van der Waals surface area contributed by atoms with E-state index in [1.807, 2.05) is 12.1 Å². The minimum Gasteiger partial charge on any atom is -0.496 e. The Morgan fingerprint density at radius 3 is 2.58 bits per heavy atom. The number of alkyl halides is 1. The molecule has 0 heterocycles. The zero-order valence-corrected chi connectivity index (χ0v) is 13.8. The summed E-state index contributed by atoms with van der Waals surface area (Å²) in [4.78, 5) is 0. The molecule has 0 aliphatic carbocycles. The van der Waals surface area contributed by atoms with Gasteiger partial charge in [0.2, 0.25) is 0 Å². The SMILES string of the molecule is COc1ccccc1CC(CBr)CCOCC(C)C. The predicted molar refractivity (Wildman–Crippen MR) is 84.3 cm³/mol. The van der Waals surface area contributed by atoms with Gasteiger partial charge in [0.25, 0.3) is 0 Å². The Kier molecular flexibility index (Phi) is 8.15. The summed E-state index contributed by atoms with van der Waals surface area (Å²) in [6.07, 6.45) is 2.11. The standard InChI is InChI=1S/C16H25BrO2/c1-13(2)12-19-9-8-14(11-17)10-15-6-4-5-7-16(15)18-3/h4-7,13-14H,8-12H2,1-3H3. The van der Waals surface area contributed by atoms with Gasteiger partial charge in [0.15, 0.2) is 0 Å². The number of para-hydroxylation sites is 1. The fraction of sp³-hybridized carbons (Fsp3) is 0.625. The van der Waals surface area contributed by atoms with Crippen LogP contribution in [0, 0.1) is 11.8 Å². The fourth-order valence-corrected chi connectivity index (χ4v) is 2.54. The van der Waals surface area contributed by atoms with Gasteiger partial charge in [-0.25, -0.2) is 0 Å².